The summed E-state index contributed by atoms with van der Waals surface area (Å²) >= 11 is 0. The molecular formula is C13H18N2O3. The third kappa shape index (κ3) is 2.92. The molecule has 1 aromatic carbocycles. The van der Waals surface area contributed by atoms with Gasteiger partial charge in [0.25, 0.3) is 0 Å². The van der Waals surface area contributed by atoms with Crippen molar-refractivity contribution in [2.24, 2.45) is 5.73 Å². The summed E-state index contributed by atoms with van der Waals surface area (Å²) in [6, 6.07) is 5.70. The Kier molecular flexibility index (Phi) is 4.04. The fraction of sp³-hybridized carbons (Fsp3) is 0.462. The van der Waals surface area contributed by atoms with E-state index < -0.39 is 0 Å². The normalized spacial score (nSPS) is 18.6. The lowest BCUT2D eigenvalue weighted by Crippen LogP contribution is -2.30. The molecule has 0 saturated carbocycles. The molecular weight excluding hydrogens is 232 g/mol. The summed E-state index contributed by atoms with van der Waals surface area (Å²) in [5.74, 6) is 1.43. The van der Waals surface area contributed by atoms with Crippen LogP contribution in [0.3, 0.4) is 0 Å². The highest BCUT2D eigenvalue weighted by atomic mass is 16.5. The van der Waals surface area contributed by atoms with Crippen molar-refractivity contribution in [2.75, 3.05) is 13.7 Å². The van der Waals surface area contributed by atoms with Gasteiger partial charge in [-0.1, -0.05) is 6.07 Å². The van der Waals surface area contributed by atoms with Gasteiger partial charge in [0.05, 0.1) is 13.2 Å². The molecule has 3 N–H and O–H groups in total. The fourth-order valence-electron chi connectivity index (χ4n) is 1.95. The Balaban J connectivity index is 2.00. The maximum Gasteiger partial charge on any atom is 0.220 e. The Hall–Kier alpha value is -1.75. The van der Waals surface area contributed by atoms with Crippen LogP contribution in [0.15, 0.2) is 18.2 Å². The number of carbonyl (C=O) groups is 1. The van der Waals surface area contributed by atoms with Crippen LogP contribution < -0.4 is 20.5 Å². The summed E-state index contributed by atoms with van der Waals surface area (Å²) < 4.78 is 10.9. The second-order valence-corrected chi connectivity index (χ2v) is 4.30. The van der Waals surface area contributed by atoms with Gasteiger partial charge >= 0.3 is 0 Å². The number of methoxy groups -OCH3 is 1. The van der Waals surface area contributed by atoms with E-state index in [1.165, 1.54) is 0 Å². The second kappa shape index (κ2) is 5.73. The number of ether oxygens (including phenoxy) is 2. The summed E-state index contributed by atoms with van der Waals surface area (Å²) in [6.07, 6.45) is 1.39. The van der Waals surface area contributed by atoms with E-state index in [9.17, 15) is 4.79 Å². The van der Waals surface area contributed by atoms with Gasteiger partial charge in [-0.3, -0.25) is 4.79 Å². The third-order valence-electron chi connectivity index (χ3n) is 2.99. The molecule has 2 rings (SSSR count). The standard InChI is InChI=1S/C13H18N2O3/c1-17-11-4-2-9(7-14)6-12(11)18-8-10-3-5-13(16)15-10/h2,4,6,10H,3,5,7-8,14H2,1H3,(H,15,16). The predicted molar refractivity (Wildman–Crippen MR) is 67.5 cm³/mol. The Morgan fingerprint density at radius 3 is 2.89 bits per heavy atom. The van der Waals surface area contributed by atoms with Crippen molar-refractivity contribution in [1.29, 1.82) is 0 Å². The Morgan fingerprint density at radius 2 is 2.28 bits per heavy atom. The van der Waals surface area contributed by atoms with Crippen LogP contribution >= 0.6 is 0 Å². The highest BCUT2D eigenvalue weighted by Crippen LogP contribution is 2.28. The molecule has 0 aromatic heterocycles. The molecule has 1 fully saturated rings. The molecule has 1 aromatic rings. The van der Waals surface area contributed by atoms with E-state index in [1.807, 2.05) is 18.2 Å². The monoisotopic (exact) mass is 250 g/mol. The van der Waals surface area contributed by atoms with E-state index in [0.717, 1.165) is 12.0 Å². The van der Waals surface area contributed by atoms with E-state index in [2.05, 4.69) is 5.32 Å². The number of amides is 1. The number of hydrogen-bond donors (Lipinski definition) is 2. The minimum atomic E-state index is 0.0868. The summed E-state index contributed by atoms with van der Waals surface area (Å²) in [7, 11) is 1.60. The highest BCUT2D eigenvalue weighted by molar-refractivity contribution is 5.78. The van der Waals surface area contributed by atoms with Gasteiger partial charge in [-0.25, -0.2) is 0 Å². The molecule has 1 aliphatic rings. The lowest BCUT2D eigenvalue weighted by molar-refractivity contribution is -0.119. The van der Waals surface area contributed by atoms with E-state index >= 15 is 0 Å². The fourth-order valence-corrected chi connectivity index (χ4v) is 1.95. The molecule has 0 aliphatic carbocycles. The van der Waals surface area contributed by atoms with Gasteiger partial charge < -0.3 is 20.5 Å². The predicted octanol–water partition coefficient (Wildman–Crippen LogP) is 0.811. The zero-order valence-corrected chi connectivity index (χ0v) is 10.4. The first-order valence-electron chi connectivity index (χ1n) is 6.02. The van der Waals surface area contributed by atoms with Gasteiger partial charge in [-0.05, 0) is 24.1 Å². The molecule has 1 heterocycles. The van der Waals surface area contributed by atoms with Crippen molar-refractivity contribution in [2.45, 2.75) is 25.4 Å². The topological polar surface area (TPSA) is 73.6 Å². The number of nitrogens with two attached hydrogens (primary N) is 1. The maximum absolute atomic E-state index is 11.1. The van der Waals surface area contributed by atoms with E-state index in [1.54, 1.807) is 7.11 Å². The van der Waals surface area contributed by atoms with Crippen molar-refractivity contribution in [3.63, 3.8) is 0 Å². The molecule has 98 valence electrons. The first kappa shape index (κ1) is 12.7. The molecule has 1 aliphatic heterocycles. The zero-order valence-electron chi connectivity index (χ0n) is 10.4. The smallest absolute Gasteiger partial charge is 0.220 e. The van der Waals surface area contributed by atoms with E-state index in [0.29, 0.717) is 31.1 Å². The van der Waals surface area contributed by atoms with Crippen LogP contribution in [0.25, 0.3) is 0 Å². The first-order valence-corrected chi connectivity index (χ1v) is 6.02. The average Bonchev–Trinajstić information content (AvgIpc) is 2.81. The van der Waals surface area contributed by atoms with Crippen LogP contribution in [-0.2, 0) is 11.3 Å². The molecule has 1 amide bonds. The minimum Gasteiger partial charge on any atom is -0.493 e. The SMILES string of the molecule is COc1ccc(CN)cc1OCC1CCC(=O)N1. The van der Waals surface area contributed by atoms with Crippen molar-refractivity contribution in [3.8, 4) is 11.5 Å². The Labute approximate surface area is 106 Å². The van der Waals surface area contributed by atoms with Crippen LogP contribution in [0.4, 0.5) is 0 Å². The third-order valence-corrected chi connectivity index (χ3v) is 2.99. The van der Waals surface area contributed by atoms with E-state index in [-0.39, 0.29) is 11.9 Å². The first-order chi connectivity index (χ1) is 8.72. The molecule has 0 bridgehead atoms. The summed E-state index contributed by atoms with van der Waals surface area (Å²) in [6.45, 7) is 0.913. The zero-order chi connectivity index (χ0) is 13.0. The number of hydrogen-bond acceptors (Lipinski definition) is 4. The van der Waals surface area contributed by atoms with Gasteiger partial charge in [0.2, 0.25) is 5.91 Å². The second-order valence-electron chi connectivity index (χ2n) is 4.30. The van der Waals surface area contributed by atoms with Gasteiger partial charge in [-0.2, -0.15) is 0 Å². The maximum atomic E-state index is 11.1. The number of benzene rings is 1. The summed E-state index contributed by atoms with van der Waals surface area (Å²) in [5, 5.41) is 2.86. The summed E-state index contributed by atoms with van der Waals surface area (Å²) in [4.78, 5) is 11.1. The van der Waals surface area contributed by atoms with Crippen LogP contribution in [0, 0.1) is 0 Å². The van der Waals surface area contributed by atoms with Crippen molar-refractivity contribution in [3.05, 3.63) is 23.8 Å². The highest BCUT2D eigenvalue weighted by Gasteiger charge is 2.21. The van der Waals surface area contributed by atoms with Crippen LogP contribution in [0.1, 0.15) is 18.4 Å². The van der Waals surface area contributed by atoms with Crippen molar-refractivity contribution >= 4 is 5.91 Å². The number of rotatable bonds is 5. The molecule has 18 heavy (non-hydrogen) atoms. The van der Waals surface area contributed by atoms with Gasteiger partial charge in [0.1, 0.15) is 6.61 Å². The quantitative estimate of drug-likeness (QED) is 0.811. The lowest BCUT2D eigenvalue weighted by Gasteiger charge is -2.15. The molecule has 5 heteroatoms. The van der Waals surface area contributed by atoms with Crippen molar-refractivity contribution < 1.29 is 14.3 Å². The lowest BCUT2D eigenvalue weighted by atomic mass is 10.2. The molecule has 5 nitrogen and oxygen atoms in total. The molecule has 1 atom stereocenters. The van der Waals surface area contributed by atoms with Crippen molar-refractivity contribution in [1.82, 2.24) is 5.32 Å². The molecule has 1 saturated heterocycles. The number of nitrogens with one attached hydrogen (secondary N) is 1. The van der Waals surface area contributed by atoms with Gasteiger partial charge in [0, 0.05) is 13.0 Å². The number of carbonyl (C=O) groups excluding carboxylic acids is 1. The van der Waals surface area contributed by atoms with Crippen LogP contribution in [0.5, 0.6) is 11.5 Å². The molecule has 1 unspecified atom stereocenters. The molecule has 0 spiro atoms. The van der Waals surface area contributed by atoms with Crippen LogP contribution in [0.2, 0.25) is 0 Å². The Bertz CT molecular complexity index is 434. The summed E-state index contributed by atoms with van der Waals surface area (Å²) in [5.41, 5.74) is 6.58. The molecule has 0 radical (unpaired) electrons. The van der Waals surface area contributed by atoms with E-state index in [4.69, 9.17) is 15.2 Å². The van der Waals surface area contributed by atoms with Gasteiger partial charge in [-0.15, -0.1) is 0 Å². The average molecular weight is 250 g/mol. The Morgan fingerprint density at radius 1 is 1.44 bits per heavy atom. The van der Waals surface area contributed by atoms with Crippen LogP contribution in [-0.4, -0.2) is 25.7 Å². The van der Waals surface area contributed by atoms with Gasteiger partial charge in [0.15, 0.2) is 11.5 Å². The largest absolute Gasteiger partial charge is 0.493 e. The minimum absolute atomic E-state index is 0.0868.